The van der Waals surface area contributed by atoms with E-state index in [1.54, 1.807) is 0 Å². The van der Waals surface area contributed by atoms with E-state index in [2.05, 4.69) is 154 Å². The fraction of sp³-hybridized carbons (Fsp3) is 0.638. The van der Waals surface area contributed by atoms with Gasteiger partial charge in [-0.25, -0.2) is 0 Å². The van der Waals surface area contributed by atoms with Crippen LogP contribution in [0.4, 0.5) is 0 Å². The van der Waals surface area contributed by atoms with E-state index < -0.39 is 6.10 Å². The van der Waals surface area contributed by atoms with Crippen molar-refractivity contribution in [3.8, 4) is 0 Å². The van der Waals surface area contributed by atoms with Gasteiger partial charge in [0.05, 0.1) is 0 Å². The van der Waals surface area contributed by atoms with Gasteiger partial charge in [-0.1, -0.05) is 251 Å². The van der Waals surface area contributed by atoms with Crippen molar-refractivity contribution >= 4 is 17.9 Å². The van der Waals surface area contributed by atoms with Crippen LogP contribution in [0.25, 0.3) is 0 Å². The van der Waals surface area contributed by atoms with Crippen molar-refractivity contribution in [2.75, 3.05) is 13.2 Å². The highest BCUT2D eigenvalue weighted by atomic mass is 16.6. The van der Waals surface area contributed by atoms with E-state index in [-0.39, 0.29) is 37.5 Å². The van der Waals surface area contributed by atoms with Crippen LogP contribution in [-0.4, -0.2) is 37.2 Å². The minimum absolute atomic E-state index is 0.0990. The fourth-order valence-corrected chi connectivity index (χ4v) is 8.06. The second-order valence-corrected chi connectivity index (χ2v) is 19.8. The largest absolute Gasteiger partial charge is 0.462 e. The lowest BCUT2D eigenvalue weighted by Crippen LogP contribution is -2.30. The van der Waals surface area contributed by atoms with Gasteiger partial charge in [-0.15, -0.1) is 0 Å². The molecule has 6 heteroatoms. The van der Waals surface area contributed by atoms with Crippen molar-refractivity contribution in [2.24, 2.45) is 0 Å². The van der Waals surface area contributed by atoms with Gasteiger partial charge >= 0.3 is 17.9 Å². The van der Waals surface area contributed by atoms with E-state index in [4.69, 9.17) is 14.2 Å². The van der Waals surface area contributed by atoms with Crippen molar-refractivity contribution < 1.29 is 28.6 Å². The fourth-order valence-electron chi connectivity index (χ4n) is 8.06. The Labute approximate surface area is 462 Å². The van der Waals surface area contributed by atoms with Gasteiger partial charge in [0, 0.05) is 19.3 Å². The van der Waals surface area contributed by atoms with Gasteiger partial charge in [-0.3, -0.25) is 14.4 Å². The van der Waals surface area contributed by atoms with Crippen LogP contribution in [-0.2, 0) is 28.6 Å². The average Bonchev–Trinajstić information content (AvgIpc) is 3.41. The van der Waals surface area contributed by atoms with Crippen molar-refractivity contribution in [3.63, 3.8) is 0 Å². The second-order valence-electron chi connectivity index (χ2n) is 19.8. The molecule has 6 nitrogen and oxygen atoms in total. The summed E-state index contributed by atoms with van der Waals surface area (Å²) in [5.74, 6) is -0.945. The van der Waals surface area contributed by atoms with Crippen molar-refractivity contribution in [3.05, 3.63) is 134 Å². The lowest BCUT2D eigenvalue weighted by Gasteiger charge is -2.18. The summed E-state index contributed by atoms with van der Waals surface area (Å²) in [5, 5.41) is 0. The average molecular weight is 1040 g/mol. The van der Waals surface area contributed by atoms with E-state index in [9.17, 15) is 14.4 Å². The van der Waals surface area contributed by atoms with Gasteiger partial charge < -0.3 is 14.2 Å². The van der Waals surface area contributed by atoms with Gasteiger partial charge in [-0.05, 0) is 128 Å². The highest BCUT2D eigenvalue weighted by Gasteiger charge is 2.19. The predicted octanol–water partition coefficient (Wildman–Crippen LogP) is 21.0. The minimum atomic E-state index is -0.805. The predicted molar refractivity (Wildman–Crippen MR) is 325 cm³/mol. The van der Waals surface area contributed by atoms with Gasteiger partial charge in [0.2, 0.25) is 0 Å². The van der Waals surface area contributed by atoms with Gasteiger partial charge in [-0.2, -0.15) is 0 Å². The third-order valence-corrected chi connectivity index (χ3v) is 12.6. The lowest BCUT2D eigenvalue weighted by molar-refractivity contribution is -0.167. The Morgan fingerprint density at radius 3 is 0.840 bits per heavy atom. The molecule has 0 saturated heterocycles. The molecule has 0 saturated carbocycles. The first kappa shape index (κ1) is 70.5. The molecule has 0 aliphatic carbocycles. The molecule has 0 spiro atoms. The first-order valence-electron chi connectivity index (χ1n) is 30.7. The number of allylic oxidation sites excluding steroid dienone is 22. The standard InChI is InChI=1S/C69H112O6/c1-4-7-10-13-16-19-22-24-26-28-30-31-32-33-34-35-36-37-39-40-42-44-47-50-53-56-59-62-68(71)74-65-66(64-73-67(70)61-58-55-52-49-46-21-18-15-12-9-6-3)75-69(72)63-60-57-54-51-48-45-43-41-38-29-27-25-23-20-17-14-11-8-5-2/h7-8,10-11,15-20,24-27,30-31,33-34,38,41,45,48,66H,4-6,9,12-14,21-23,28-29,32,35-37,39-40,42-44,46-47,49-65H2,1-3H3/b10-7-,11-8-,18-15-,19-16-,20-17-,26-24-,27-25-,31-30-,34-33-,41-38-,48-45-. The molecule has 0 aliphatic rings. The maximum atomic E-state index is 12.9. The number of hydrogen-bond acceptors (Lipinski definition) is 6. The SMILES string of the molecule is CC/C=C\C/C=C\C/C=C\C/C=C\C/C=C\CCCCCCCCCCCCCC(=O)OCC(COC(=O)CCCCCCC/C=C\CCCC)OC(=O)CCCCC/C=C\C/C=C\C/C=C\C/C=C\C/C=C\CC. The number of rotatable bonds is 54. The van der Waals surface area contributed by atoms with Crippen molar-refractivity contribution in [2.45, 2.75) is 271 Å². The van der Waals surface area contributed by atoms with E-state index in [1.165, 1.54) is 83.5 Å². The van der Waals surface area contributed by atoms with E-state index >= 15 is 0 Å². The Balaban J connectivity index is 4.34. The summed E-state index contributed by atoms with van der Waals surface area (Å²) in [4.78, 5) is 38.2. The van der Waals surface area contributed by atoms with Crippen molar-refractivity contribution in [1.82, 2.24) is 0 Å². The molecular weight excluding hydrogens is 925 g/mol. The third-order valence-electron chi connectivity index (χ3n) is 12.6. The molecule has 0 amide bonds. The molecule has 0 heterocycles. The molecule has 0 radical (unpaired) electrons. The summed E-state index contributed by atoms with van der Waals surface area (Å²) in [6.07, 6.45) is 87.4. The molecule has 0 bridgehead atoms. The van der Waals surface area contributed by atoms with Crippen LogP contribution in [0, 0.1) is 0 Å². The molecule has 424 valence electrons. The summed E-state index contributed by atoms with van der Waals surface area (Å²) in [5.41, 5.74) is 0. The molecule has 1 unspecified atom stereocenters. The number of carbonyl (C=O) groups excluding carboxylic acids is 3. The Morgan fingerprint density at radius 1 is 0.280 bits per heavy atom. The van der Waals surface area contributed by atoms with Crippen LogP contribution in [0.3, 0.4) is 0 Å². The molecule has 0 N–H and O–H groups in total. The smallest absolute Gasteiger partial charge is 0.306 e. The Hall–Kier alpha value is -4.45. The molecular formula is C69H112O6. The van der Waals surface area contributed by atoms with E-state index in [1.807, 2.05) is 0 Å². The molecule has 0 aliphatic heterocycles. The van der Waals surface area contributed by atoms with Crippen LogP contribution < -0.4 is 0 Å². The highest BCUT2D eigenvalue weighted by molar-refractivity contribution is 5.71. The summed E-state index contributed by atoms with van der Waals surface area (Å²) in [6, 6.07) is 0. The summed E-state index contributed by atoms with van der Waals surface area (Å²) >= 11 is 0. The number of unbranched alkanes of at least 4 members (excludes halogenated alkanes) is 21. The second kappa shape index (κ2) is 62.1. The number of carbonyl (C=O) groups is 3. The molecule has 0 fully saturated rings. The normalized spacial score (nSPS) is 13.1. The van der Waals surface area contributed by atoms with Gasteiger partial charge in [0.15, 0.2) is 6.10 Å². The van der Waals surface area contributed by atoms with Crippen LogP contribution in [0.2, 0.25) is 0 Å². The maximum absolute atomic E-state index is 12.9. The van der Waals surface area contributed by atoms with Gasteiger partial charge in [0.1, 0.15) is 13.2 Å². The van der Waals surface area contributed by atoms with Crippen LogP contribution in [0.15, 0.2) is 134 Å². The van der Waals surface area contributed by atoms with Gasteiger partial charge in [0.25, 0.3) is 0 Å². The van der Waals surface area contributed by atoms with E-state index in [0.29, 0.717) is 12.8 Å². The van der Waals surface area contributed by atoms with E-state index in [0.717, 1.165) is 141 Å². The lowest BCUT2D eigenvalue weighted by atomic mass is 10.0. The summed E-state index contributed by atoms with van der Waals surface area (Å²) in [6.45, 7) is 6.34. The number of ether oxygens (including phenoxy) is 3. The maximum Gasteiger partial charge on any atom is 0.306 e. The quantitative estimate of drug-likeness (QED) is 0.0261. The Morgan fingerprint density at radius 2 is 0.520 bits per heavy atom. The zero-order chi connectivity index (χ0) is 54.3. The minimum Gasteiger partial charge on any atom is -0.462 e. The number of hydrogen-bond donors (Lipinski definition) is 0. The first-order valence-corrected chi connectivity index (χ1v) is 30.7. The molecule has 0 aromatic heterocycles. The molecule has 75 heavy (non-hydrogen) atoms. The zero-order valence-corrected chi connectivity index (χ0v) is 48.5. The molecule has 0 aromatic rings. The topological polar surface area (TPSA) is 78.9 Å². The Kier molecular flexibility index (Phi) is 58.4. The first-order chi connectivity index (χ1) is 37.0. The number of esters is 3. The van der Waals surface area contributed by atoms with Crippen molar-refractivity contribution in [1.29, 1.82) is 0 Å². The summed E-state index contributed by atoms with van der Waals surface area (Å²) < 4.78 is 16.8. The molecule has 0 rings (SSSR count). The molecule has 0 aromatic carbocycles. The third kappa shape index (κ3) is 60.3. The van der Waals surface area contributed by atoms with Crippen LogP contribution >= 0.6 is 0 Å². The monoisotopic (exact) mass is 1040 g/mol. The summed E-state index contributed by atoms with van der Waals surface area (Å²) in [7, 11) is 0. The zero-order valence-electron chi connectivity index (χ0n) is 48.5. The van der Waals surface area contributed by atoms with Crippen LogP contribution in [0.1, 0.15) is 265 Å². The molecule has 1 atom stereocenters. The highest BCUT2D eigenvalue weighted by Crippen LogP contribution is 2.15. The van der Waals surface area contributed by atoms with Crippen LogP contribution in [0.5, 0.6) is 0 Å². The Bertz CT molecular complexity index is 1620.